The molecule has 1 saturated heterocycles. The molecule has 1 aliphatic heterocycles. The number of non-ortho nitro benzene ring substituents is 1. The lowest BCUT2D eigenvalue weighted by Crippen LogP contribution is -2.03. The molecule has 110 valence electrons. The molecule has 0 unspecified atom stereocenters. The van der Waals surface area contributed by atoms with Crippen LogP contribution in [0.2, 0.25) is 0 Å². The van der Waals surface area contributed by atoms with E-state index in [2.05, 4.69) is 0 Å². The normalized spacial score (nSPS) is 20.0. The number of nitrogens with zero attached hydrogens (tertiary/aromatic N) is 1. The molecule has 0 radical (unpaired) electrons. The summed E-state index contributed by atoms with van der Waals surface area (Å²) in [5.74, 6) is -0.139. The first-order chi connectivity index (χ1) is 10.6. The van der Waals surface area contributed by atoms with Crippen molar-refractivity contribution >= 4 is 17.5 Å². The fourth-order valence-electron chi connectivity index (χ4n) is 2.24. The van der Waals surface area contributed by atoms with Crippen LogP contribution in [0.1, 0.15) is 17.2 Å². The lowest BCUT2D eigenvalue weighted by Gasteiger charge is -1.94. The Morgan fingerprint density at radius 1 is 1.14 bits per heavy atom. The lowest BCUT2D eigenvalue weighted by molar-refractivity contribution is -0.384. The summed E-state index contributed by atoms with van der Waals surface area (Å²) in [4.78, 5) is 22.3. The second-order valence-electron chi connectivity index (χ2n) is 4.98. The number of ketones is 1. The van der Waals surface area contributed by atoms with Gasteiger partial charge < -0.3 is 4.74 Å². The van der Waals surface area contributed by atoms with E-state index in [1.54, 1.807) is 18.2 Å². The van der Waals surface area contributed by atoms with Crippen molar-refractivity contribution in [1.82, 2.24) is 0 Å². The molecule has 3 rings (SSSR count). The first kappa shape index (κ1) is 14.2. The summed E-state index contributed by atoms with van der Waals surface area (Å²) in [7, 11) is 0. The molecular formula is C17H13NO4. The Bertz CT molecular complexity index is 739. The van der Waals surface area contributed by atoms with Crippen molar-refractivity contribution in [3.05, 3.63) is 81.9 Å². The van der Waals surface area contributed by atoms with Gasteiger partial charge in [0, 0.05) is 12.1 Å². The first-order valence-electron chi connectivity index (χ1n) is 6.82. The van der Waals surface area contributed by atoms with Gasteiger partial charge in [0.2, 0.25) is 0 Å². The average molecular weight is 295 g/mol. The summed E-state index contributed by atoms with van der Waals surface area (Å²) in [6.45, 7) is 0. The van der Waals surface area contributed by atoms with Crippen molar-refractivity contribution in [2.24, 2.45) is 0 Å². The van der Waals surface area contributed by atoms with E-state index in [4.69, 9.17) is 4.74 Å². The van der Waals surface area contributed by atoms with Gasteiger partial charge in [-0.05, 0) is 17.2 Å². The Kier molecular flexibility index (Phi) is 3.80. The maximum Gasteiger partial charge on any atom is 0.270 e. The Hall–Kier alpha value is -2.79. The summed E-state index contributed by atoms with van der Waals surface area (Å²) in [5.41, 5.74) is 1.59. The summed E-state index contributed by atoms with van der Waals surface area (Å²) >= 11 is 0. The topological polar surface area (TPSA) is 72.7 Å². The fraction of sp³-hybridized carbons (Fsp3) is 0.118. The highest BCUT2D eigenvalue weighted by Crippen LogP contribution is 2.39. The molecule has 1 fully saturated rings. The summed E-state index contributed by atoms with van der Waals surface area (Å²) in [5, 5.41) is 10.7. The number of benzene rings is 2. The van der Waals surface area contributed by atoms with E-state index in [-0.39, 0.29) is 17.6 Å². The molecule has 0 spiro atoms. The number of carbonyl (C=O) groups is 1. The van der Waals surface area contributed by atoms with Crippen molar-refractivity contribution < 1.29 is 14.5 Å². The zero-order chi connectivity index (χ0) is 15.5. The van der Waals surface area contributed by atoms with Crippen molar-refractivity contribution in [1.29, 1.82) is 0 Å². The van der Waals surface area contributed by atoms with Gasteiger partial charge in [0.25, 0.3) is 5.69 Å². The number of nitro groups is 1. The van der Waals surface area contributed by atoms with E-state index < -0.39 is 11.0 Å². The van der Waals surface area contributed by atoms with E-state index in [0.717, 1.165) is 5.56 Å². The van der Waals surface area contributed by atoms with Crippen LogP contribution in [0.25, 0.3) is 6.08 Å². The molecule has 22 heavy (non-hydrogen) atoms. The van der Waals surface area contributed by atoms with E-state index in [0.29, 0.717) is 5.56 Å². The smallest absolute Gasteiger partial charge is 0.270 e. The Morgan fingerprint density at radius 2 is 1.91 bits per heavy atom. The lowest BCUT2D eigenvalue weighted by atomic mass is 10.1. The molecule has 0 amide bonds. The van der Waals surface area contributed by atoms with Crippen molar-refractivity contribution in [3.63, 3.8) is 0 Å². The highest BCUT2D eigenvalue weighted by molar-refractivity contribution is 5.99. The molecule has 5 nitrogen and oxygen atoms in total. The SMILES string of the molecule is O=C(/C=C/c1cccc([N+](=O)[O-])c1)[C@H]1O[C@H]1c1ccccc1. The minimum absolute atomic E-state index is 0.000525. The number of carbonyl (C=O) groups excluding carboxylic acids is 1. The van der Waals surface area contributed by atoms with Gasteiger partial charge >= 0.3 is 0 Å². The van der Waals surface area contributed by atoms with Crippen LogP contribution in [0, 0.1) is 10.1 Å². The van der Waals surface area contributed by atoms with Crippen molar-refractivity contribution in [3.8, 4) is 0 Å². The van der Waals surface area contributed by atoms with Gasteiger partial charge in [0.15, 0.2) is 11.9 Å². The van der Waals surface area contributed by atoms with Crippen LogP contribution in [0.4, 0.5) is 5.69 Å². The predicted octanol–water partition coefficient (Wildman–Crippen LogP) is 3.32. The van der Waals surface area contributed by atoms with Crippen LogP contribution in [0.3, 0.4) is 0 Å². The Morgan fingerprint density at radius 3 is 2.64 bits per heavy atom. The van der Waals surface area contributed by atoms with Gasteiger partial charge in [-0.15, -0.1) is 0 Å². The number of hydrogen-bond acceptors (Lipinski definition) is 4. The van der Waals surface area contributed by atoms with Gasteiger partial charge in [0.05, 0.1) is 4.92 Å². The first-order valence-corrected chi connectivity index (χ1v) is 6.82. The third kappa shape index (κ3) is 3.10. The van der Waals surface area contributed by atoms with Gasteiger partial charge in [-0.2, -0.15) is 0 Å². The molecule has 0 saturated carbocycles. The molecule has 2 atom stereocenters. The predicted molar refractivity (Wildman–Crippen MR) is 81.2 cm³/mol. The van der Waals surface area contributed by atoms with Crippen LogP contribution in [-0.4, -0.2) is 16.8 Å². The zero-order valence-corrected chi connectivity index (χ0v) is 11.6. The Labute approximate surface area is 127 Å². The Balaban J connectivity index is 1.66. The quantitative estimate of drug-likeness (QED) is 0.367. The largest absolute Gasteiger partial charge is 0.356 e. The molecule has 2 aromatic rings. The number of rotatable bonds is 5. The number of ether oxygens (including phenoxy) is 1. The van der Waals surface area contributed by atoms with Crippen LogP contribution >= 0.6 is 0 Å². The van der Waals surface area contributed by atoms with Gasteiger partial charge in [0.1, 0.15) is 6.10 Å². The van der Waals surface area contributed by atoms with Gasteiger partial charge in [-0.25, -0.2) is 0 Å². The van der Waals surface area contributed by atoms with E-state index in [9.17, 15) is 14.9 Å². The molecule has 0 N–H and O–H groups in total. The minimum atomic E-state index is -0.464. The molecule has 1 aliphatic rings. The maximum absolute atomic E-state index is 12.0. The monoisotopic (exact) mass is 295 g/mol. The van der Waals surface area contributed by atoms with E-state index in [1.807, 2.05) is 30.3 Å². The highest BCUT2D eigenvalue weighted by Gasteiger charge is 2.44. The second-order valence-corrected chi connectivity index (χ2v) is 4.98. The molecule has 5 heteroatoms. The van der Waals surface area contributed by atoms with Gasteiger partial charge in [-0.1, -0.05) is 48.5 Å². The number of hydrogen-bond donors (Lipinski definition) is 0. The summed E-state index contributed by atoms with van der Waals surface area (Å²) in [6, 6.07) is 15.7. The maximum atomic E-state index is 12.0. The van der Waals surface area contributed by atoms with Crippen LogP contribution in [0.15, 0.2) is 60.7 Å². The number of epoxide rings is 1. The molecule has 0 bridgehead atoms. The number of nitro benzene ring substituents is 1. The van der Waals surface area contributed by atoms with Crippen molar-refractivity contribution in [2.75, 3.05) is 0 Å². The summed E-state index contributed by atoms with van der Waals surface area (Å²) < 4.78 is 5.41. The molecule has 2 aromatic carbocycles. The molecular weight excluding hydrogens is 282 g/mol. The molecule has 1 heterocycles. The van der Waals surface area contributed by atoms with E-state index in [1.165, 1.54) is 18.2 Å². The molecule has 0 aromatic heterocycles. The molecule has 0 aliphatic carbocycles. The average Bonchev–Trinajstić information content (AvgIpc) is 3.34. The third-order valence-corrected chi connectivity index (χ3v) is 3.42. The third-order valence-electron chi connectivity index (χ3n) is 3.42. The summed E-state index contributed by atoms with van der Waals surface area (Å²) in [6.07, 6.45) is 2.33. The van der Waals surface area contributed by atoms with Crippen LogP contribution < -0.4 is 0 Å². The minimum Gasteiger partial charge on any atom is -0.356 e. The highest BCUT2D eigenvalue weighted by atomic mass is 16.6. The van der Waals surface area contributed by atoms with Crippen LogP contribution in [0.5, 0.6) is 0 Å². The second kappa shape index (κ2) is 5.91. The van der Waals surface area contributed by atoms with Crippen LogP contribution in [-0.2, 0) is 9.53 Å². The van der Waals surface area contributed by atoms with E-state index >= 15 is 0 Å². The van der Waals surface area contributed by atoms with Crippen molar-refractivity contribution in [2.45, 2.75) is 12.2 Å². The fourth-order valence-corrected chi connectivity index (χ4v) is 2.24. The zero-order valence-electron chi connectivity index (χ0n) is 11.6. The van der Waals surface area contributed by atoms with Gasteiger partial charge in [-0.3, -0.25) is 14.9 Å². The standard InChI is InChI=1S/C17H13NO4/c19-15(17-16(22-17)13-6-2-1-3-7-13)10-9-12-5-4-8-14(11-12)18(20)21/h1-11,16-17H/b10-9+/t16-,17+/m0/s1.